The van der Waals surface area contributed by atoms with Gasteiger partial charge in [-0.05, 0) is 17.9 Å². The summed E-state index contributed by atoms with van der Waals surface area (Å²) in [4.78, 5) is 10.6. The number of benzene rings is 1. The van der Waals surface area contributed by atoms with E-state index in [9.17, 15) is 4.79 Å². The number of hydrogen-bond donors (Lipinski definition) is 0. The second kappa shape index (κ2) is 5.61. The predicted octanol–water partition coefficient (Wildman–Crippen LogP) is 3.37. The Balaban J connectivity index is 2.53. The van der Waals surface area contributed by atoms with Crippen LogP contribution in [0.3, 0.4) is 0 Å². The number of halogens is 1. The summed E-state index contributed by atoms with van der Waals surface area (Å²) < 4.78 is 11.3. The highest BCUT2D eigenvalue weighted by atomic mass is 35.5. The lowest BCUT2D eigenvalue weighted by Gasteiger charge is -2.25. The SMILES string of the molecule is CC(C)c1c(CCC=O)c(Cl)cc2c1OCCO2. The van der Waals surface area contributed by atoms with E-state index in [-0.39, 0.29) is 5.92 Å². The summed E-state index contributed by atoms with van der Waals surface area (Å²) >= 11 is 6.29. The Hall–Kier alpha value is -1.22. The van der Waals surface area contributed by atoms with Crippen LogP contribution in [0.2, 0.25) is 5.02 Å². The molecule has 0 aromatic heterocycles. The van der Waals surface area contributed by atoms with E-state index in [1.807, 2.05) is 0 Å². The fourth-order valence-electron chi connectivity index (χ4n) is 2.29. The molecular formula is C14H17ClO3. The van der Waals surface area contributed by atoms with Gasteiger partial charge in [-0.1, -0.05) is 25.4 Å². The van der Waals surface area contributed by atoms with E-state index >= 15 is 0 Å². The molecule has 4 heteroatoms. The molecule has 1 heterocycles. The van der Waals surface area contributed by atoms with Crippen molar-refractivity contribution >= 4 is 17.9 Å². The zero-order chi connectivity index (χ0) is 13.1. The van der Waals surface area contributed by atoms with Gasteiger partial charge in [-0.25, -0.2) is 0 Å². The van der Waals surface area contributed by atoms with Gasteiger partial charge in [-0.3, -0.25) is 0 Å². The lowest BCUT2D eigenvalue weighted by molar-refractivity contribution is -0.107. The third-order valence-electron chi connectivity index (χ3n) is 3.02. The number of aldehydes is 1. The quantitative estimate of drug-likeness (QED) is 0.786. The molecule has 0 saturated heterocycles. The second-order valence-electron chi connectivity index (χ2n) is 4.63. The van der Waals surface area contributed by atoms with E-state index in [4.69, 9.17) is 21.1 Å². The number of rotatable bonds is 4. The molecule has 1 aliphatic rings. The molecule has 0 saturated carbocycles. The minimum absolute atomic E-state index is 0.279. The van der Waals surface area contributed by atoms with Gasteiger partial charge in [-0.15, -0.1) is 0 Å². The first-order chi connectivity index (χ1) is 8.65. The van der Waals surface area contributed by atoms with Crippen LogP contribution in [0.4, 0.5) is 0 Å². The normalized spacial score (nSPS) is 13.8. The highest BCUT2D eigenvalue weighted by Gasteiger charge is 2.23. The monoisotopic (exact) mass is 268 g/mol. The van der Waals surface area contributed by atoms with Gasteiger partial charge in [-0.2, -0.15) is 0 Å². The molecule has 1 aromatic carbocycles. The summed E-state index contributed by atoms with van der Waals surface area (Å²) in [7, 11) is 0. The Morgan fingerprint density at radius 3 is 2.78 bits per heavy atom. The first-order valence-electron chi connectivity index (χ1n) is 6.19. The fourth-order valence-corrected chi connectivity index (χ4v) is 2.58. The Labute approximate surface area is 112 Å². The highest BCUT2D eigenvalue weighted by molar-refractivity contribution is 6.31. The molecule has 0 amide bonds. The van der Waals surface area contributed by atoms with E-state index in [2.05, 4.69) is 13.8 Å². The number of ether oxygens (including phenoxy) is 2. The fraction of sp³-hybridized carbons (Fsp3) is 0.500. The van der Waals surface area contributed by atoms with Gasteiger partial charge in [0.1, 0.15) is 19.5 Å². The molecule has 98 valence electrons. The molecule has 2 rings (SSSR count). The van der Waals surface area contributed by atoms with Gasteiger partial charge in [0.15, 0.2) is 11.5 Å². The van der Waals surface area contributed by atoms with Gasteiger partial charge in [0.05, 0.1) is 0 Å². The lowest BCUT2D eigenvalue weighted by atomic mass is 9.92. The topological polar surface area (TPSA) is 35.5 Å². The molecule has 0 aliphatic carbocycles. The molecule has 0 spiro atoms. The molecule has 0 N–H and O–H groups in total. The predicted molar refractivity (Wildman–Crippen MR) is 70.9 cm³/mol. The average molecular weight is 269 g/mol. The van der Waals surface area contributed by atoms with Gasteiger partial charge in [0, 0.05) is 23.1 Å². The van der Waals surface area contributed by atoms with Gasteiger partial charge in [0.25, 0.3) is 0 Å². The average Bonchev–Trinajstić information content (AvgIpc) is 2.35. The molecule has 18 heavy (non-hydrogen) atoms. The van der Waals surface area contributed by atoms with E-state index in [0.717, 1.165) is 23.2 Å². The number of carbonyl (C=O) groups is 1. The van der Waals surface area contributed by atoms with Gasteiger partial charge in [0.2, 0.25) is 0 Å². The van der Waals surface area contributed by atoms with Crippen LogP contribution in [-0.2, 0) is 11.2 Å². The van der Waals surface area contributed by atoms with Gasteiger partial charge < -0.3 is 14.3 Å². The van der Waals surface area contributed by atoms with Crippen molar-refractivity contribution in [2.75, 3.05) is 13.2 Å². The summed E-state index contributed by atoms with van der Waals surface area (Å²) in [6.45, 7) is 5.29. The van der Waals surface area contributed by atoms with E-state index in [1.54, 1.807) is 6.07 Å². The molecule has 1 aromatic rings. The Morgan fingerprint density at radius 1 is 1.39 bits per heavy atom. The summed E-state index contributed by atoms with van der Waals surface area (Å²) in [6, 6.07) is 1.79. The molecular weight excluding hydrogens is 252 g/mol. The standard InChI is InChI=1S/C14H17ClO3/c1-9(2)13-10(4-3-5-16)11(15)8-12-14(13)18-7-6-17-12/h5,8-9H,3-4,6-7H2,1-2H3. The molecule has 0 bridgehead atoms. The first-order valence-corrected chi connectivity index (χ1v) is 6.57. The van der Waals surface area contributed by atoms with Crippen molar-refractivity contribution in [3.8, 4) is 11.5 Å². The Kier molecular flexibility index (Phi) is 4.12. The van der Waals surface area contributed by atoms with Gasteiger partial charge >= 0.3 is 0 Å². The summed E-state index contributed by atoms with van der Waals surface area (Å²) in [5.74, 6) is 1.78. The van der Waals surface area contributed by atoms with Crippen molar-refractivity contribution in [1.29, 1.82) is 0 Å². The lowest BCUT2D eigenvalue weighted by Crippen LogP contribution is -2.18. The van der Waals surface area contributed by atoms with E-state index < -0.39 is 0 Å². The molecule has 0 atom stereocenters. The maximum atomic E-state index is 10.6. The van der Waals surface area contributed by atoms with Crippen LogP contribution in [0.5, 0.6) is 11.5 Å². The molecule has 1 aliphatic heterocycles. The van der Waals surface area contributed by atoms with Crippen LogP contribution in [-0.4, -0.2) is 19.5 Å². The number of fused-ring (bicyclic) bond motifs is 1. The minimum atomic E-state index is 0.279. The third kappa shape index (κ3) is 2.46. The zero-order valence-electron chi connectivity index (χ0n) is 10.7. The van der Waals surface area contributed by atoms with Crippen LogP contribution < -0.4 is 9.47 Å². The van der Waals surface area contributed by atoms with Crippen LogP contribution >= 0.6 is 11.6 Å². The van der Waals surface area contributed by atoms with Crippen molar-refractivity contribution in [3.05, 3.63) is 22.2 Å². The summed E-state index contributed by atoms with van der Waals surface area (Å²) in [6.07, 6.45) is 2.03. The van der Waals surface area contributed by atoms with Crippen LogP contribution in [0.1, 0.15) is 37.3 Å². The van der Waals surface area contributed by atoms with Crippen molar-refractivity contribution in [3.63, 3.8) is 0 Å². The van der Waals surface area contributed by atoms with Crippen molar-refractivity contribution in [2.45, 2.75) is 32.6 Å². The van der Waals surface area contributed by atoms with Crippen LogP contribution in [0.25, 0.3) is 0 Å². The molecule has 3 nitrogen and oxygen atoms in total. The van der Waals surface area contributed by atoms with Crippen molar-refractivity contribution < 1.29 is 14.3 Å². The van der Waals surface area contributed by atoms with Crippen LogP contribution in [0.15, 0.2) is 6.07 Å². The molecule has 0 radical (unpaired) electrons. The Morgan fingerprint density at radius 2 is 2.11 bits per heavy atom. The largest absolute Gasteiger partial charge is 0.486 e. The highest BCUT2D eigenvalue weighted by Crippen LogP contribution is 2.43. The smallest absolute Gasteiger partial charge is 0.165 e. The summed E-state index contributed by atoms with van der Waals surface area (Å²) in [5, 5.41) is 0.657. The summed E-state index contributed by atoms with van der Waals surface area (Å²) in [5.41, 5.74) is 2.07. The van der Waals surface area contributed by atoms with Crippen molar-refractivity contribution in [2.24, 2.45) is 0 Å². The maximum absolute atomic E-state index is 10.6. The zero-order valence-corrected chi connectivity index (χ0v) is 11.4. The minimum Gasteiger partial charge on any atom is -0.486 e. The number of carbonyl (C=O) groups excluding carboxylic acids is 1. The maximum Gasteiger partial charge on any atom is 0.165 e. The Bertz CT molecular complexity index is 455. The third-order valence-corrected chi connectivity index (χ3v) is 3.35. The van der Waals surface area contributed by atoms with E-state index in [1.165, 1.54) is 0 Å². The van der Waals surface area contributed by atoms with Crippen molar-refractivity contribution in [1.82, 2.24) is 0 Å². The van der Waals surface area contributed by atoms with Crippen LogP contribution in [0, 0.1) is 0 Å². The second-order valence-corrected chi connectivity index (χ2v) is 5.04. The molecule has 0 fully saturated rings. The first kappa shape index (κ1) is 13.2. The number of hydrogen-bond acceptors (Lipinski definition) is 3. The molecule has 0 unspecified atom stereocenters. The van der Waals surface area contributed by atoms with E-state index in [0.29, 0.717) is 36.8 Å².